The Balaban J connectivity index is 1.90. The molecule has 2 heteroatoms. The first-order valence-corrected chi connectivity index (χ1v) is 18.3. The number of benzene rings is 2. The summed E-state index contributed by atoms with van der Waals surface area (Å²) >= 11 is 0. The van der Waals surface area contributed by atoms with Crippen LogP contribution in [0, 0.1) is 0 Å². The van der Waals surface area contributed by atoms with Gasteiger partial charge in [-0.25, -0.2) is 4.70 Å². The zero-order valence-corrected chi connectivity index (χ0v) is 28.4. The van der Waals surface area contributed by atoms with Gasteiger partial charge in [0.25, 0.3) is 0 Å². The molecule has 1 heterocycles. The summed E-state index contributed by atoms with van der Waals surface area (Å²) in [4.78, 5) is 0. The Hall–Kier alpha value is -2.48. The summed E-state index contributed by atoms with van der Waals surface area (Å²) in [6.45, 7) is 9.12. The molecule has 0 saturated heterocycles. The van der Waals surface area contributed by atoms with E-state index in [4.69, 9.17) is 0 Å². The molecule has 0 saturated carbocycles. The van der Waals surface area contributed by atoms with E-state index in [1.54, 1.807) is 4.70 Å². The number of unbranched alkanes of at least 4 members (excludes halogenated alkanes) is 13. The average molecular weight is 583 g/mol. The van der Waals surface area contributed by atoms with Crippen molar-refractivity contribution in [1.29, 1.82) is 0 Å². The number of nitrogens with zero attached hydrogens (tertiary/aromatic N) is 2. The first-order valence-electron chi connectivity index (χ1n) is 18.3. The van der Waals surface area contributed by atoms with Crippen LogP contribution < -0.4 is 0 Å². The topological polar surface area (TPSA) is 25.3 Å². The molecule has 0 amide bonds. The molecule has 2 aromatic carbocycles. The van der Waals surface area contributed by atoms with Crippen LogP contribution >= 0.6 is 0 Å². The summed E-state index contributed by atoms with van der Waals surface area (Å²) < 4.78 is 1.58. The minimum Gasteiger partial charge on any atom is -0.493 e. The van der Waals surface area contributed by atoms with Gasteiger partial charge in [-0.05, 0) is 86.8 Å². The van der Waals surface area contributed by atoms with Crippen LogP contribution in [0.1, 0.15) is 172 Å². The van der Waals surface area contributed by atoms with Crippen molar-refractivity contribution in [3.8, 4) is 0 Å². The largest absolute Gasteiger partial charge is 0.493 e. The highest BCUT2D eigenvalue weighted by molar-refractivity contribution is 5.82. The molecule has 0 unspecified atom stereocenters. The van der Waals surface area contributed by atoms with E-state index in [2.05, 4.69) is 76.2 Å². The van der Waals surface area contributed by atoms with Gasteiger partial charge < -0.3 is 5.53 Å². The zero-order chi connectivity index (χ0) is 30.7. The fourth-order valence-corrected chi connectivity index (χ4v) is 6.61. The summed E-state index contributed by atoms with van der Waals surface area (Å²) in [6, 6.07) is 18.2. The van der Waals surface area contributed by atoms with Crippen molar-refractivity contribution < 1.29 is 4.70 Å². The van der Waals surface area contributed by atoms with Crippen molar-refractivity contribution in [3.05, 3.63) is 87.5 Å². The average Bonchev–Trinajstić information content (AvgIpc) is 3.30. The molecule has 0 bridgehead atoms. The number of rotatable bonds is 23. The summed E-state index contributed by atoms with van der Waals surface area (Å²) in [7, 11) is 0. The third-order valence-electron chi connectivity index (χ3n) is 9.24. The van der Waals surface area contributed by atoms with Gasteiger partial charge in [-0.1, -0.05) is 135 Å². The van der Waals surface area contributed by atoms with Gasteiger partial charge in [0.1, 0.15) is 0 Å². The molecule has 0 fully saturated rings. The zero-order valence-electron chi connectivity index (χ0n) is 28.4. The van der Waals surface area contributed by atoms with E-state index in [-0.39, 0.29) is 0 Å². The van der Waals surface area contributed by atoms with Crippen molar-refractivity contribution in [2.45, 2.75) is 163 Å². The van der Waals surface area contributed by atoms with Gasteiger partial charge in [-0.3, -0.25) is 0 Å². The second kappa shape index (κ2) is 20.5. The van der Waals surface area contributed by atoms with E-state index in [9.17, 15) is 5.53 Å². The number of aryl methyl sites for hydroxylation is 2. The lowest BCUT2D eigenvalue weighted by Gasteiger charge is -2.11. The highest BCUT2D eigenvalue weighted by Crippen LogP contribution is 2.44. The second-order valence-corrected chi connectivity index (χ2v) is 13.0. The maximum atomic E-state index is 12.0. The molecule has 2 nitrogen and oxygen atoms in total. The van der Waals surface area contributed by atoms with E-state index in [1.807, 2.05) is 0 Å². The molecular formula is C41H62N2. The fraction of sp³-hybridized carbons (Fsp3) is 0.610. The summed E-state index contributed by atoms with van der Waals surface area (Å²) in [5.74, 6) is 0. The lowest BCUT2D eigenvalue weighted by Crippen LogP contribution is -2.03. The molecule has 3 rings (SSSR count). The van der Waals surface area contributed by atoms with Crippen molar-refractivity contribution >= 4 is 11.4 Å². The van der Waals surface area contributed by atoms with Crippen LogP contribution in [0.2, 0.25) is 0 Å². The van der Waals surface area contributed by atoms with E-state index in [0.717, 1.165) is 55.5 Å². The van der Waals surface area contributed by atoms with Crippen molar-refractivity contribution in [1.82, 2.24) is 0 Å². The molecule has 0 atom stereocenters. The SMILES string of the molecule is CCCCCCCCC1=C(c2cccc(CCCCCC)c2)[N+](=[N-])C(c2ccc(CCCCCCC)cc2)=C1CCCC. The minimum atomic E-state index is 1.02. The Labute approximate surface area is 265 Å². The molecule has 0 spiro atoms. The summed E-state index contributed by atoms with van der Waals surface area (Å²) in [5.41, 5.74) is 21.9. The van der Waals surface area contributed by atoms with Crippen LogP contribution in [0.25, 0.3) is 16.9 Å². The van der Waals surface area contributed by atoms with Gasteiger partial charge in [-0.2, -0.15) is 0 Å². The van der Waals surface area contributed by atoms with Gasteiger partial charge in [0, 0.05) is 22.3 Å². The van der Waals surface area contributed by atoms with E-state index in [1.165, 1.54) is 124 Å². The third-order valence-corrected chi connectivity index (χ3v) is 9.24. The number of hydrogen-bond donors (Lipinski definition) is 0. The molecule has 2 aromatic rings. The Morgan fingerprint density at radius 1 is 0.442 bits per heavy atom. The predicted octanol–water partition coefficient (Wildman–Crippen LogP) is 13.4. The fourth-order valence-electron chi connectivity index (χ4n) is 6.61. The van der Waals surface area contributed by atoms with Gasteiger partial charge in [0.05, 0.1) is 0 Å². The van der Waals surface area contributed by atoms with Crippen LogP contribution in [-0.2, 0) is 12.8 Å². The Kier molecular flexibility index (Phi) is 16.7. The maximum Gasteiger partial charge on any atom is 0.211 e. The molecule has 0 aromatic heterocycles. The summed E-state index contributed by atoms with van der Waals surface area (Å²) in [6.07, 6.45) is 26.0. The standard InChI is InChI=1S/C41H62N2/c1-5-9-13-16-18-21-28-39-38(27-12-8-4)40(36-31-29-34(30-32-36)23-20-17-14-10-6-2)43(42)41(39)37-26-22-25-35(33-37)24-19-15-11-7-3/h22,25-26,29-33H,5-21,23-24,27-28H2,1-4H3. The molecule has 1 aliphatic rings. The predicted molar refractivity (Wildman–Crippen MR) is 188 cm³/mol. The molecule has 0 N–H and O–H groups in total. The lowest BCUT2D eigenvalue weighted by atomic mass is 9.91. The highest BCUT2D eigenvalue weighted by atomic mass is 15.2. The van der Waals surface area contributed by atoms with Crippen molar-refractivity contribution in [3.63, 3.8) is 0 Å². The quantitative estimate of drug-likeness (QED) is 0.0920. The normalized spacial score (nSPS) is 13.5. The van der Waals surface area contributed by atoms with Crippen molar-refractivity contribution in [2.24, 2.45) is 0 Å². The minimum absolute atomic E-state index is 1.02. The first-order chi connectivity index (χ1) is 21.1. The van der Waals surface area contributed by atoms with Crippen molar-refractivity contribution in [2.75, 3.05) is 0 Å². The molecular weight excluding hydrogens is 520 g/mol. The third kappa shape index (κ3) is 11.2. The molecule has 0 radical (unpaired) electrons. The Morgan fingerprint density at radius 2 is 0.907 bits per heavy atom. The van der Waals surface area contributed by atoms with Gasteiger partial charge in [0.2, 0.25) is 11.4 Å². The summed E-state index contributed by atoms with van der Waals surface area (Å²) in [5, 5.41) is 0. The number of allylic oxidation sites excluding steroid dienone is 2. The van der Waals surface area contributed by atoms with Crippen LogP contribution in [0.5, 0.6) is 0 Å². The molecule has 1 aliphatic heterocycles. The monoisotopic (exact) mass is 582 g/mol. The Bertz CT molecular complexity index is 1150. The van der Waals surface area contributed by atoms with Crippen LogP contribution in [-0.4, -0.2) is 4.70 Å². The molecule has 236 valence electrons. The Morgan fingerprint density at radius 3 is 1.51 bits per heavy atom. The van der Waals surface area contributed by atoms with Gasteiger partial charge in [0.15, 0.2) is 0 Å². The van der Waals surface area contributed by atoms with Crippen LogP contribution in [0.4, 0.5) is 0 Å². The highest BCUT2D eigenvalue weighted by Gasteiger charge is 2.35. The number of hydrogen-bond acceptors (Lipinski definition) is 0. The van der Waals surface area contributed by atoms with Gasteiger partial charge in [-0.15, -0.1) is 0 Å². The second-order valence-electron chi connectivity index (χ2n) is 13.0. The molecule has 43 heavy (non-hydrogen) atoms. The van der Waals surface area contributed by atoms with E-state index in [0.29, 0.717) is 0 Å². The maximum absolute atomic E-state index is 12.0. The van der Waals surface area contributed by atoms with Crippen LogP contribution in [0.15, 0.2) is 59.7 Å². The van der Waals surface area contributed by atoms with Gasteiger partial charge >= 0.3 is 0 Å². The smallest absolute Gasteiger partial charge is 0.211 e. The van der Waals surface area contributed by atoms with E-state index < -0.39 is 0 Å². The lowest BCUT2D eigenvalue weighted by molar-refractivity contribution is -0.345. The van der Waals surface area contributed by atoms with E-state index >= 15 is 0 Å². The molecule has 0 aliphatic carbocycles. The first kappa shape index (κ1) is 35.0. The van der Waals surface area contributed by atoms with Crippen LogP contribution in [0.3, 0.4) is 0 Å².